The lowest BCUT2D eigenvalue weighted by molar-refractivity contribution is 0.208. The third-order valence-corrected chi connectivity index (χ3v) is 4.89. The first-order valence-corrected chi connectivity index (χ1v) is 7.82. The van der Waals surface area contributed by atoms with Crippen molar-refractivity contribution in [2.45, 2.75) is 31.7 Å². The molecule has 0 radical (unpaired) electrons. The Morgan fingerprint density at radius 2 is 1.85 bits per heavy atom. The second-order valence-corrected chi connectivity index (χ2v) is 6.07. The molecule has 106 valence electrons. The third kappa shape index (κ3) is 2.18. The largest absolute Gasteiger partial charge is 0.371 e. The number of hydrogen-bond acceptors (Lipinski definition) is 3. The zero-order chi connectivity index (χ0) is 13.4. The molecule has 2 aliphatic heterocycles. The summed E-state index contributed by atoms with van der Waals surface area (Å²) in [5, 5.41) is 0. The first kappa shape index (κ1) is 12.2. The van der Waals surface area contributed by atoms with Gasteiger partial charge in [0, 0.05) is 24.8 Å². The van der Waals surface area contributed by atoms with Gasteiger partial charge in [-0.25, -0.2) is 4.98 Å². The van der Waals surface area contributed by atoms with Crippen LogP contribution in [0.5, 0.6) is 0 Å². The summed E-state index contributed by atoms with van der Waals surface area (Å²) in [6.45, 7) is 5.01. The molecule has 2 aromatic rings. The molecule has 20 heavy (non-hydrogen) atoms. The Kier molecular flexibility index (Phi) is 3.11. The molecular weight excluding hydrogens is 248 g/mol. The zero-order valence-corrected chi connectivity index (χ0v) is 11.9. The van der Waals surface area contributed by atoms with Crippen LogP contribution >= 0.6 is 0 Å². The molecule has 1 aromatic carbocycles. The summed E-state index contributed by atoms with van der Waals surface area (Å²) in [6.07, 6.45) is 7.18. The van der Waals surface area contributed by atoms with Crippen LogP contribution in [-0.2, 0) is 0 Å². The summed E-state index contributed by atoms with van der Waals surface area (Å²) in [5.74, 6) is 0. The van der Waals surface area contributed by atoms with E-state index in [0.717, 1.165) is 17.1 Å². The Morgan fingerprint density at radius 3 is 2.65 bits per heavy atom. The molecule has 2 saturated heterocycles. The molecule has 4 heteroatoms. The van der Waals surface area contributed by atoms with Gasteiger partial charge in [-0.15, -0.1) is 0 Å². The molecule has 2 fully saturated rings. The number of likely N-dealkylation sites (tertiary alicyclic amines) is 1. The van der Waals surface area contributed by atoms with Crippen LogP contribution < -0.4 is 4.90 Å². The van der Waals surface area contributed by atoms with Crippen molar-refractivity contribution in [3.63, 3.8) is 0 Å². The highest BCUT2D eigenvalue weighted by molar-refractivity contribution is 5.79. The molecule has 4 nitrogen and oxygen atoms in total. The van der Waals surface area contributed by atoms with Crippen LogP contribution in [0, 0.1) is 0 Å². The lowest BCUT2D eigenvalue weighted by Gasteiger charge is -2.37. The molecule has 1 aromatic heterocycles. The number of hydrogen-bond donors (Lipinski definition) is 1. The number of fused-ring (bicyclic) bond motifs is 1. The second kappa shape index (κ2) is 5.09. The fraction of sp³-hybridized carbons (Fsp3) is 0.562. The predicted octanol–water partition coefficient (Wildman–Crippen LogP) is 2.63. The summed E-state index contributed by atoms with van der Waals surface area (Å²) in [6, 6.07) is 7.38. The van der Waals surface area contributed by atoms with E-state index in [0.29, 0.717) is 0 Å². The van der Waals surface area contributed by atoms with Gasteiger partial charge in [-0.2, -0.15) is 0 Å². The van der Waals surface area contributed by atoms with Crippen LogP contribution in [0.2, 0.25) is 0 Å². The molecule has 0 saturated carbocycles. The van der Waals surface area contributed by atoms with Crippen molar-refractivity contribution in [3.8, 4) is 0 Å². The van der Waals surface area contributed by atoms with Gasteiger partial charge in [0.1, 0.15) is 0 Å². The van der Waals surface area contributed by atoms with Crippen LogP contribution in [0.15, 0.2) is 24.5 Å². The van der Waals surface area contributed by atoms with E-state index >= 15 is 0 Å². The van der Waals surface area contributed by atoms with Crippen molar-refractivity contribution in [3.05, 3.63) is 24.5 Å². The summed E-state index contributed by atoms with van der Waals surface area (Å²) < 4.78 is 0. The fourth-order valence-corrected chi connectivity index (χ4v) is 3.72. The Morgan fingerprint density at radius 1 is 1.05 bits per heavy atom. The molecule has 3 heterocycles. The van der Waals surface area contributed by atoms with Crippen LogP contribution in [0.1, 0.15) is 25.7 Å². The van der Waals surface area contributed by atoms with Gasteiger partial charge in [-0.3, -0.25) is 0 Å². The van der Waals surface area contributed by atoms with Crippen LogP contribution in [-0.4, -0.2) is 47.1 Å². The first-order valence-electron chi connectivity index (χ1n) is 7.82. The summed E-state index contributed by atoms with van der Waals surface area (Å²) >= 11 is 0. The number of aromatic nitrogens is 2. The highest BCUT2D eigenvalue weighted by Crippen LogP contribution is 2.26. The van der Waals surface area contributed by atoms with Crippen molar-refractivity contribution in [2.24, 2.45) is 0 Å². The monoisotopic (exact) mass is 270 g/mol. The normalized spacial score (nSPS) is 21.9. The van der Waals surface area contributed by atoms with E-state index in [4.69, 9.17) is 0 Å². The van der Waals surface area contributed by atoms with Crippen molar-refractivity contribution in [2.75, 3.05) is 31.1 Å². The number of imidazole rings is 1. The number of rotatable bonds is 2. The quantitative estimate of drug-likeness (QED) is 0.911. The van der Waals surface area contributed by atoms with Gasteiger partial charge in [-0.1, -0.05) is 0 Å². The number of piperidine rings is 1. The Balaban J connectivity index is 1.45. The van der Waals surface area contributed by atoms with E-state index in [1.54, 1.807) is 6.33 Å². The number of anilines is 1. The molecule has 4 rings (SSSR count). The average Bonchev–Trinajstić information content (AvgIpc) is 3.18. The lowest BCUT2D eigenvalue weighted by Crippen LogP contribution is -2.43. The smallest absolute Gasteiger partial charge is 0.0931 e. The summed E-state index contributed by atoms with van der Waals surface area (Å²) in [7, 11) is 0. The minimum absolute atomic E-state index is 0.824. The van der Waals surface area contributed by atoms with Gasteiger partial charge >= 0.3 is 0 Å². The number of nitrogens with one attached hydrogen (secondary N) is 1. The Bertz CT molecular complexity index is 577. The number of benzene rings is 1. The molecule has 0 atom stereocenters. The Hall–Kier alpha value is -1.55. The maximum absolute atomic E-state index is 4.29. The molecule has 0 amide bonds. The van der Waals surface area contributed by atoms with Crippen LogP contribution in [0.4, 0.5) is 5.69 Å². The molecule has 0 aliphatic carbocycles. The van der Waals surface area contributed by atoms with Gasteiger partial charge in [-0.05, 0) is 57.0 Å². The molecule has 0 bridgehead atoms. The predicted molar refractivity (Wildman–Crippen MR) is 82.1 cm³/mol. The summed E-state index contributed by atoms with van der Waals surface area (Å²) in [4.78, 5) is 12.7. The van der Waals surface area contributed by atoms with Crippen LogP contribution in [0.3, 0.4) is 0 Å². The number of H-pyrrole nitrogens is 1. The number of nitrogens with zero attached hydrogens (tertiary/aromatic N) is 3. The van der Waals surface area contributed by atoms with Gasteiger partial charge in [0.2, 0.25) is 0 Å². The minimum Gasteiger partial charge on any atom is -0.371 e. The molecule has 0 unspecified atom stereocenters. The molecule has 0 spiro atoms. The van der Waals surface area contributed by atoms with E-state index < -0.39 is 0 Å². The van der Waals surface area contributed by atoms with Gasteiger partial charge in [0.15, 0.2) is 0 Å². The van der Waals surface area contributed by atoms with E-state index in [-0.39, 0.29) is 0 Å². The van der Waals surface area contributed by atoms with E-state index in [2.05, 4.69) is 38.0 Å². The van der Waals surface area contributed by atoms with Crippen molar-refractivity contribution < 1.29 is 0 Å². The zero-order valence-electron chi connectivity index (χ0n) is 11.9. The fourth-order valence-electron chi connectivity index (χ4n) is 3.72. The summed E-state index contributed by atoms with van der Waals surface area (Å²) in [5.41, 5.74) is 3.53. The minimum atomic E-state index is 0.824. The van der Waals surface area contributed by atoms with Gasteiger partial charge in [0.25, 0.3) is 0 Å². The van der Waals surface area contributed by atoms with Crippen molar-refractivity contribution in [1.82, 2.24) is 14.9 Å². The van der Waals surface area contributed by atoms with Gasteiger partial charge < -0.3 is 14.8 Å². The second-order valence-electron chi connectivity index (χ2n) is 6.07. The van der Waals surface area contributed by atoms with Gasteiger partial charge in [0.05, 0.1) is 17.4 Å². The Labute approximate surface area is 119 Å². The molecular formula is C16H22N4. The van der Waals surface area contributed by atoms with Crippen LogP contribution in [0.25, 0.3) is 11.0 Å². The SMILES string of the molecule is c1nc2ccc(N3CCC(N4CCCC4)CC3)cc2[nH]1. The topological polar surface area (TPSA) is 35.2 Å². The first-order chi connectivity index (χ1) is 9.90. The van der Waals surface area contributed by atoms with E-state index in [1.165, 1.54) is 57.5 Å². The maximum Gasteiger partial charge on any atom is 0.0931 e. The highest BCUT2D eigenvalue weighted by Gasteiger charge is 2.26. The molecule has 2 aliphatic rings. The average molecular weight is 270 g/mol. The maximum atomic E-state index is 4.29. The molecule has 1 N–H and O–H groups in total. The standard InChI is InChI=1S/C16H22N4/c1-2-8-19(7-1)13-5-9-20(10-6-13)14-3-4-15-16(11-14)18-12-17-15/h3-4,11-13H,1-2,5-10H2,(H,17,18). The lowest BCUT2D eigenvalue weighted by atomic mass is 10.0. The number of aromatic amines is 1. The van der Waals surface area contributed by atoms with E-state index in [1.807, 2.05) is 0 Å². The van der Waals surface area contributed by atoms with Crippen molar-refractivity contribution in [1.29, 1.82) is 0 Å². The van der Waals surface area contributed by atoms with E-state index in [9.17, 15) is 0 Å². The van der Waals surface area contributed by atoms with Crippen molar-refractivity contribution >= 4 is 16.7 Å². The third-order valence-electron chi connectivity index (χ3n) is 4.89. The highest BCUT2D eigenvalue weighted by atomic mass is 15.2.